The quantitative estimate of drug-likeness (QED) is 0.498. The molecule has 2 fully saturated rings. The van der Waals surface area contributed by atoms with Crippen molar-refractivity contribution in [3.63, 3.8) is 0 Å². The first kappa shape index (κ1) is 13.4. The van der Waals surface area contributed by atoms with Crippen LogP contribution in [0.25, 0.3) is 0 Å². The summed E-state index contributed by atoms with van der Waals surface area (Å²) in [6.45, 7) is 9.86. The third-order valence-corrected chi connectivity index (χ3v) is 5.70. The van der Waals surface area contributed by atoms with Crippen molar-refractivity contribution < 1.29 is 0 Å². The first-order valence-corrected chi connectivity index (χ1v) is 7.93. The Morgan fingerprint density at radius 1 is 0.882 bits per heavy atom. The van der Waals surface area contributed by atoms with Crippen LogP contribution in [0.15, 0.2) is 0 Å². The Morgan fingerprint density at radius 2 is 1.47 bits per heavy atom. The Balaban J connectivity index is 2.02. The first-order chi connectivity index (χ1) is 7.93. The maximum absolute atomic E-state index is 2.53. The van der Waals surface area contributed by atoms with E-state index in [0.29, 0.717) is 5.41 Å². The zero-order chi connectivity index (χ0) is 12.5. The van der Waals surface area contributed by atoms with E-state index in [9.17, 15) is 0 Å². The van der Waals surface area contributed by atoms with E-state index in [1.165, 1.54) is 57.8 Å². The van der Waals surface area contributed by atoms with Gasteiger partial charge in [0.15, 0.2) is 0 Å². The second kappa shape index (κ2) is 4.94. The lowest BCUT2D eigenvalue weighted by Gasteiger charge is -2.48. The number of hydrogen-bond donors (Lipinski definition) is 0. The molecule has 0 radical (unpaired) electrons. The molecule has 0 N–H and O–H groups in total. The normalized spacial score (nSPS) is 34.6. The average Bonchev–Trinajstić information content (AvgIpc) is 2.42. The molecule has 0 heteroatoms. The van der Waals surface area contributed by atoms with E-state index < -0.39 is 0 Å². The van der Waals surface area contributed by atoms with Gasteiger partial charge in [0, 0.05) is 0 Å². The highest BCUT2D eigenvalue weighted by Crippen LogP contribution is 2.53. The molecule has 0 bridgehead atoms. The van der Waals surface area contributed by atoms with Crippen molar-refractivity contribution in [3.05, 3.63) is 0 Å². The van der Waals surface area contributed by atoms with Gasteiger partial charge in [-0.2, -0.15) is 0 Å². The van der Waals surface area contributed by atoms with E-state index >= 15 is 0 Å². The van der Waals surface area contributed by atoms with Crippen molar-refractivity contribution in [1.29, 1.82) is 0 Å². The summed E-state index contributed by atoms with van der Waals surface area (Å²) in [5, 5.41) is 0. The maximum Gasteiger partial charge on any atom is -0.0295 e. The van der Waals surface area contributed by atoms with Crippen molar-refractivity contribution in [2.45, 2.75) is 85.5 Å². The second-order valence-electron chi connectivity index (χ2n) is 8.11. The SMILES string of the molecule is CC1CC2(CCCCCC2)CCC1C(C)(C)C. The number of rotatable bonds is 0. The summed E-state index contributed by atoms with van der Waals surface area (Å²) < 4.78 is 0. The molecule has 2 atom stereocenters. The van der Waals surface area contributed by atoms with Gasteiger partial charge in [-0.1, -0.05) is 53.4 Å². The van der Waals surface area contributed by atoms with Crippen molar-refractivity contribution in [3.8, 4) is 0 Å². The standard InChI is InChI=1S/C17H32/c1-14-13-17(10-7-5-6-8-11-17)12-9-15(14)16(2,3)4/h14-15H,5-13H2,1-4H3. The molecule has 2 unspecified atom stereocenters. The minimum absolute atomic E-state index is 0.520. The van der Waals surface area contributed by atoms with Gasteiger partial charge in [0.1, 0.15) is 0 Å². The predicted octanol–water partition coefficient (Wildman–Crippen LogP) is 5.81. The Kier molecular flexibility index (Phi) is 3.90. The molecule has 0 saturated heterocycles. The van der Waals surface area contributed by atoms with Crippen molar-refractivity contribution in [2.75, 3.05) is 0 Å². The van der Waals surface area contributed by atoms with Crippen molar-refractivity contribution in [1.82, 2.24) is 0 Å². The monoisotopic (exact) mass is 236 g/mol. The van der Waals surface area contributed by atoms with Crippen LogP contribution in [0.1, 0.15) is 85.5 Å². The van der Waals surface area contributed by atoms with Crippen LogP contribution in [0.2, 0.25) is 0 Å². The van der Waals surface area contributed by atoms with E-state index in [-0.39, 0.29) is 0 Å². The Hall–Kier alpha value is 0. The van der Waals surface area contributed by atoms with Gasteiger partial charge in [-0.15, -0.1) is 0 Å². The first-order valence-electron chi connectivity index (χ1n) is 7.93. The summed E-state index contributed by atoms with van der Waals surface area (Å²) in [6.07, 6.45) is 13.6. The largest absolute Gasteiger partial charge is 0.0622 e. The van der Waals surface area contributed by atoms with Crippen LogP contribution >= 0.6 is 0 Å². The maximum atomic E-state index is 2.53. The molecule has 2 saturated carbocycles. The minimum Gasteiger partial charge on any atom is -0.0622 e. The molecule has 100 valence electrons. The summed E-state index contributed by atoms with van der Waals surface area (Å²) in [5.41, 5.74) is 1.28. The summed E-state index contributed by atoms with van der Waals surface area (Å²) >= 11 is 0. The van der Waals surface area contributed by atoms with Crippen LogP contribution in [-0.2, 0) is 0 Å². The molecule has 2 aliphatic carbocycles. The molecule has 0 aromatic rings. The zero-order valence-corrected chi connectivity index (χ0v) is 12.5. The summed E-state index contributed by atoms with van der Waals surface area (Å²) in [6, 6.07) is 0. The smallest absolute Gasteiger partial charge is 0.0295 e. The third kappa shape index (κ3) is 3.06. The molecule has 0 aromatic carbocycles. The van der Waals surface area contributed by atoms with Crippen molar-refractivity contribution >= 4 is 0 Å². The molecule has 0 heterocycles. The van der Waals surface area contributed by atoms with Crippen molar-refractivity contribution in [2.24, 2.45) is 22.7 Å². The second-order valence-corrected chi connectivity index (χ2v) is 8.11. The van der Waals surface area contributed by atoms with Crippen LogP contribution in [0.3, 0.4) is 0 Å². The lowest BCUT2D eigenvalue weighted by Crippen LogP contribution is -2.37. The van der Waals surface area contributed by atoms with Crippen LogP contribution in [0, 0.1) is 22.7 Å². The zero-order valence-electron chi connectivity index (χ0n) is 12.5. The van der Waals surface area contributed by atoms with Crippen LogP contribution in [-0.4, -0.2) is 0 Å². The number of hydrogen-bond acceptors (Lipinski definition) is 0. The molecule has 1 spiro atoms. The molecule has 0 amide bonds. The van der Waals surface area contributed by atoms with Crippen LogP contribution < -0.4 is 0 Å². The highest BCUT2D eigenvalue weighted by atomic mass is 14.5. The minimum atomic E-state index is 0.520. The fourth-order valence-electron chi connectivity index (χ4n) is 4.89. The average molecular weight is 236 g/mol. The van der Waals surface area contributed by atoms with Gasteiger partial charge in [0.2, 0.25) is 0 Å². The van der Waals surface area contributed by atoms with Gasteiger partial charge in [-0.3, -0.25) is 0 Å². The lowest BCUT2D eigenvalue weighted by molar-refractivity contribution is 0.0272. The molecular weight excluding hydrogens is 204 g/mol. The summed E-state index contributed by atoms with van der Waals surface area (Å²) in [4.78, 5) is 0. The van der Waals surface area contributed by atoms with E-state index in [4.69, 9.17) is 0 Å². The Labute approximate surface area is 109 Å². The molecule has 0 aromatic heterocycles. The van der Waals surface area contributed by atoms with Gasteiger partial charge in [-0.25, -0.2) is 0 Å². The van der Waals surface area contributed by atoms with Gasteiger partial charge < -0.3 is 0 Å². The van der Waals surface area contributed by atoms with Gasteiger partial charge in [0.25, 0.3) is 0 Å². The van der Waals surface area contributed by atoms with E-state index in [0.717, 1.165) is 17.3 Å². The molecule has 2 rings (SSSR count). The van der Waals surface area contributed by atoms with Crippen LogP contribution in [0.5, 0.6) is 0 Å². The molecule has 2 aliphatic rings. The topological polar surface area (TPSA) is 0 Å². The lowest BCUT2D eigenvalue weighted by atomic mass is 9.57. The van der Waals surface area contributed by atoms with E-state index in [1.807, 2.05) is 0 Å². The van der Waals surface area contributed by atoms with Gasteiger partial charge in [0.05, 0.1) is 0 Å². The predicted molar refractivity (Wildman–Crippen MR) is 76.1 cm³/mol. The van der Waals surface area contributed by atoms with Gasteiger partial charge >= 0.3 is 0 Å². The third-order valence-electron chi connectivity index (χ3n) is 5.70. The molecule has 0 aliphatic heterocycles. The highest BCUT2D eigenvalue weighted by Gasteiger charge is 2.42. The Morgan fingerprint density at radius 3 is 1.94 bits per heavy atom. The van der Waals surface area contributed by atoms with Crippen LogP contribution in [0.4, 0.5) is 0 Å². The Bertz CT molecular complexity index is 237. The molecule has 0 nitrogen and oxygen atoms in total. The fraction of sp³-hybridized carbons (Fsp3) is 1.00. The fourth-order valence-corrected chi connectivity index (χ4v) is 4.89. The molecular formula is C17H32. The summed E-state index contributed by atoms with van der Waals surface area (Å²) in [7, 11) is 0. The van der Waals surface area contributed by atoms with E-state index in [1.54, 1.807) is 0 Å². The molecule has 17 heavy (non-hydrogen) atoms. The highest BCUT2D eigenvalue weighted by molar-refractivity contribution is 4.93. The summed E-state index contributed by atoms with van der Waals surface area (Å²) in [5.74, 6) is 1.90. The van der Waals surface area contributed by atoms with E-state index in [2.05, 4.69) is 27.7 Å². The van der Waals surface area contributed by atoms with Gasteiger partial charge in [-0.05, 0) is 54.8 Å².